The van der Waals surface area contributed by atoms with Crippen LogP contribution in [0.1, 0.15) is 203 Å². The Morgan fingerprint density at radius 1 is 0.425 bits per heavy atom. The number of rotatable bonds is 30. The highest BCUT2D eigenvalue weighted by Crippen LogP contribution is 2.25. The van der Waals surface area contributed by atoms with Gasteiger partial charge in [0, 0.05) is 110 Å². The van der Waals surface area contributed by atoms with E-state index in [1.165, 1.54) is 35.1 Å². The summed E-state index contributed by atoms with van der Waals surface area (Å²) >= 11 is 12.6. The summed E-state index contributed by atoms with van der Waals surface area (Å²) in [5.74, 6) is 2.03. The predicted molar refractivity (Wildman–Crippen MR) is 476 cm³/mol. The number of aliphatic imine (C=N–C) groups is 1. The van der Waals surface area contributed by atoms with E-state index < -0.39 is 40.4 Å². The van der Waals surface area contributed by atoms with Gasteiger partial charge in [0.2, 0.25) is 0 Å². The molecule has 4 atom stereocenters. The quantitative estimate of drug-likeness (QED) is 0.00726. The Balaban J connectivity index is 0.000000651. The van der Waals surface area contributed by atoms with Crippen molar-refractivity contribution >= 4 is 132 Å². The molecule has 1 aliphatic rings. The number of carbonyl (C=O) groups is 6. The van der Waals surface area contributed by atoms with E-state index in [-0.39, 0.29) is 47.1 Å². The van der Waals surface area contributed by atoms with Gasteiger partial charge in [-0.2, -0.15) is 0 Å². The van der Waals surface area contributed by atoms with E-state index in [1.807, 2.05) is 57.2 Å². The van der Waals surface area contributed by atoms with Gasteiger partial charge in [-0.3, -0.25) is 24.2 Å². The molecule has 1 aliphatic heterocycles. The second-order valence-electron chi connectivity index (χ2n) is 34.0. The van der Waals surface area contributed by atoms with Crippen LogP contribution in [0.5, 0.6) is 0 Å². The van der Waals surface area contributed by atoms with Crippen molar-refractivity contribution < 1.29 is 38.7 Å². The summed E-state index contributed by atoms with van der Waals surface area (Å²) in [6.45, 7) is 53.3. The fourth-order valence-corrected chi connectivity index (χ4v) is 14.7. The van der Waals surface area contributed by atoms with E-state index in [9.17, 15) is 28.8 Å². The molecule has 5 N–H and O–H groups in total. The Morgan fingerprint density at radius 2 is 0.698 bits per heavy atom. The van der Waals surface area contributed by atoms with Gasteiger partial charge in [-0.25, -0.2) is 0 Å². The number of benzene rings is 5. The van der Waals surface area contributed by atoms with Crippen molar-refractivity contribution in [3.8, 4) is 0 Å². The van der Waals surface area contributed by atoms with Crippen LogP contribution >= 0.6 is 36.2 Å². The summed E-state index contributed by atoms with van der Waals surface area (Å²) in [4.78, 5) is 75.7. The van der Waals surface area contributed by atoms with Crippen LogP contribution in [0.2, 0.25) is 98.2 Å². The van der Waals surface area contributed by atoms with Gasteiger partial charge in [0.15, 0.2) is 0 Å². The Morgan fingerprint density at radius 3 is 0.953 bits per heavy atom. The topological polar surface area (TPSA) is 205 Å². The van der Waals surface area contributed by atoms with Gasteiger partial charge >= 0.3 is 0 Å². The van der Waals surface area contributed by atoms with Gasteiger partial charge in [-0.15, -0.1) is 11.8 Å². The van der Waals surface area contributed by atoms with Crippen LogP contribution in [0.4, 0.5) is 0 Å². The third-order valence-electron chi connectivity index (χ3n) is 16.5. The number of Topliss-reactive ketones (excluding diaryl/α,β-unsaturated/α-hetero) is 4. The van der Waals surface area contributed by atoms with Crippen molar-refractivity contribution in [2.24, 2.45) is 10.1 Å². The van der Waals surface area contributed by atoms with Crippen molar-refractivity contribution in [2.45, 2.75) is 236 Å². The van der Waals surface area contributed by atoms with E-state index in [0.29, 0.717) is 66.9 Å². The fourth-order valence-electron chi connectivity index (χ4n) is 9.95. The average molecular weight is 1590 g/mol. The highest BCUT2D eigenvalue weighted by atomic mass is 32.2. The Bertz CT molecular complexity index is 3470. The maximum Gasteiger partial charge on any atom is 0.251 e. The third kappa shape index (κ3) is 45.1. The summed E-state index contributed by atoms with van der Waals surface area (Å²) in [5, 5.41) is 25.6. The lowest BCUT2D eigenvalue weighted by Gasteiger charge is -2.18. The van der Waals surface area contributed by atoms with Crippen molar-refractivity contribution in [1.82, 2.24) is 21.3 Å². The molecule has 0 spiro atoms. The van der Waals surface area contributed by atoms with Crippen molar-refractivity contribution in [2.75, 3.05) is 50.3 Å². The largest absolute Gasteiger partial charge is 0.411 e. The third-order valence-corrected chi connectivity index (χ3v) is 24.1. The first kappa shape index (κ1) is 98.0. The normalized spacial score (nSPS) is 13.5. The SMILES string of the molecule is C1CCOC1.CC(=NO)c1ccc(C(=O)NC[Si](C)(C)C)cc1.CC(=O)CC(C)c1ccc(C(=O)NC[Si](C)(C)C)cc1.CC(=O)CC(C)c1ccc(C(=S)NC[Si](C)(C)C)cc1.CCC(=O)CC(C)c1ccc(C(=NC[Si](C)(C)C)SC)cc1.CCC(=O)CC(C)c1ccc(C(=S)NC[Si](C)(C)C)cc1. The van der Waals surface area contributed by atoms with Crippen LogP contribution < -0.4 is 21.3 Å². The van der Waals surface area contributed by atoms with Gasteiger partial charge in [0.1, 0.15) is 33.1 Å². The first-order chi connectivity index (χ1) is 49.2. The van der Waals surface area contributed by atoms with Gasteiger partial charge in [-0.1, -0.05) is 266 Å². The Labute approximate surface area is 660 Å². The first-order valence-corrected chi connectivity index (χ1v) is 58.3. The minimum Gasteiger partial charge on any atom is -0.411 e. The molecule has 2 amide bonds. The van der Waals surface area contributed by atoms with Crippen molar-refractivity contribution in [3.05, 3.63) is 177 Å². The number of carbonyl (C=O) groups excluding carboxylic acids is 6. The lowest BCUT2D eigenvalue weighted by Crippen LogP contribution is -2.39. The number of amides is 2. The monoisotopic (exact) mass is 1590 g/mol. The maximum atomic E-state index is 12.0. The number of ketones is 4. The van der Waals surface area contributed by atoms with Crippen LogP contribution in [-0.4, -0.2) is 152 Å². The smallest absolute Gasteiger partial charge is 0.251 e. The average Bonchev–Trinajstić information content (AvgIpc) is 0.977. The van der Waals surface area contributed by atoms with Crippen LogP contribution in [0.3, 0.4) is 0 Å². The van der Waals surface area contributed by atoms with E-state index in [2.05, 4.69) is 212 Å². The number of hydrogen-bond donors (Lipinski definition) is 5. The zero-order valence-electron chi connectivity index (χ0n) is 69.4. The molecule has 4 unspecified atom stereocenters. The zero-order chi connectivity index (χ0) is 80.8. The number of hydrogen-bond acceptors (Lipinski definition) is 13. The Kier molecular flexibility index (Phi) is 45.5. The van der Waals surface area contributed by atoms with Gasteiger partial charge in [0.25, 0.3) is 11.8 Å². The summed E-state index contributed by atoms with van der Waals surface area (Å²) in [5.41, 5.74) is 10.7. The number of oxime groups is 1. The molecular formula is C84H134N6O8S3Si5. The second kappa shape index (κ2) is 49.2. The summed E-state index contributed by atoms with van der Waals surface area (Å²) in [6, 6.07) is 39.7. The molecule has 6 rings (SSSR count). The minimum atomic E-state index is -1.27. The molecule has 0 aliphatic carbocycles. The molecule has 0 radical (unpaired) electrons. The van der Waals surface area contributed by atoms with Gasteiger partial charge in [-0.05, 0) is 116 Å². The first-order valence-electron chi connectivity index (χ1n) is 37.7. The molecule has 1 fully saturated rings. The van der Waals surface area contributed by atoms with E-state index in [0.717, 1.165) is 81.3 Å². The number of ether oxygens (including phenoxy) is 1. The number of nitrogens with one attached hydrogen (secondary N) is 4. The van der Waals surface area contributed by atoms with Gasteiger partial charge in [0.05, 0.1) is 51.1 Å². The van der Waals surface area contributed by atoms with Crippen LogP contribution in [0.25, 0.3) is 0 Å². The standard InChI is InChI=1S/C18H29NOSSi.C17H27NOSSi.C16H25NO2Si.C16H25NOSSi.C13H20N2O2Si.C4H8O/c1-7-17(20)12-14(2)15-8-10-16(11-9-15)18(21-3)19-13-22(4,5)6;1-6-16(19)11-13(2)14-7-9-15(10-8-14)17(20)18-12-21(3,4)5;2*1-12(10-13(2)18)14-6-8-15(9-7-14)16(19)17-11-20(3,4)5;1-10(15-17)11-5-7-12(8-6-11)13(16)14-9-18(2,3)4;1-2-4-5-3-1/h8-11,14H,7,12-13H2,1-6H3;7-10,13H,6,11-12H2,1-5H3,(H,18,20);2*6-9,12H,10-11H2,1-5H3,(H,17,19);5-8,17H,9H2,1-4H3,(H,14,16);1-4H2. The number of nitrogens with zero attached hydrogens (tertiary/aromatic N) is 2. The van der Waals surface area contributed by atoms with Gasteiger partial charge < -0.3 is 40.8 Å². The predicted octanol–water partition coefficient (Wildman–Crippen LogP) is 20.0. The molecule has 5 aromatic carbocycles. The molecule has 106 heavy (non-hydrogen) atoms. The molecular weight excluding hydrogens is 1460 g/mol. The summed E-state index contributed by atoms with van der Waals surface area (Å²) in [6.07, 6.45) is 12.8. The van der Waals surface area contributed by atoms with E-state index in [1.54, 1.807) is 56.8 Å². The highest BCUT2D eigenvalue weighted by Gasteiger charge is 2.21. The lowest BCUT2D eigenvalue weighted by molar-refractivity contribution is -0.119. The molecule has 0 bridgehead atoms. The second-order valence-corrected chi connectivity index (χ2v) is 63.0. The molecule has 22 heteroatoms. The molecule has 586 valence electrons. The molecule has 0 saturated carbocycles. The minimum absolute atomic E-state index is 0.0156. The van der Waals surface area contributed by atoms with E-state index in [4.69, 9.17) is 39.4 Å². The summed E-state index contributed by atoms with van der Waals surface area (Å²) < 4.78 is 4.94. The lowest BCUT2D eigenvalue weighted by atomic mass is 9.94. The van der Waals surface area contributed by atoms with Crippen molar-refractivity contribution in [1.29, 1.82) is 0 Å². The molecule has 14 nitrogen and oxygen atoms in total. The molecule has 1 heterocycles. The number of thiocarbonyl (C=S) groups is 2. The molecule has 0 aromatic heterocycles. The molecule has 5 aromatic rings. The van der Waals surface area contributed by atoms with E-state index >= 15 is 0 Å². The maximum absolute atomic E-state index is 12.0. The van der Waals surface area contributed by atoms with Crippen LogP contribution in [0, 0.1) is 0 Å². The van der Waals surface area contributed by atoms with Crippen molar-refractivity contribution in [3.63, 3.8) is 0 Å². The Hall–Kier alpha value is -5.97. The summed E-state index contributed by atoms with van der Waals surface area (Å²) in [7, 11) is -5.98. The fraction of sp³-hybridized carbons (Fsp3) is 0.524. The van der Waals surface area contributed by atoms with Crippen LogP contribution in [0.15, 0.2) is 131 Å². The highest BCUT2D eigenvalue weighted by molar-refractivity contribution is 8.13. The number of thioether (sulfide) groups is 1. The zero-order valence-corrected chi connectivity index (χ0v) is 76.8. The molecule has 1 saturated heterocycles. The van der Waals surface area contributed by atoms with Crippen LogP contribution in [-0.2, 0) is 23.9 Å².